The third kappa shape index (κ3) is 5.69. The minimum atomic E-state index is -0.849. The Balaban J connectivity index is 1.25. The first-order valence-corrected chi connectivity index (χ1v) is 16.4. The van der Waals surface area contributed by atoms with Crippen LogP contribution in [0.4, 0.5) is 24.8 Å². The minimum Gasteiger partial charge on any atom is -0.388 e. The summed E-state index contributed by atoms with van der Waals surface area (Å²) in [5, 5.41) is 18.4. The van der Waals surface area contributed by atoms with E-state index in [0.29, 0.717) is 58.1 Å². The van der Waals surface area contributed by atoms with E-state index >= 15 is 0 Å². The quantitative estimate of drug-likeness (QED) is 0.278. The van der Waals surface area contributed by atoms with Crippen molar-refractivity contribution in [2.24, 2.45) is 0 Å². The number of aryl methyl sites for hydroxylation is 1. The molecule has 1 amide bonds. The first-order chi connectivity index (χ1) is 24.6. The van der Waals surface area contributed by atoms with Crippen LogP contribution >= 0.6 is 0 Å². The number of benzene rings is 2. The van der Waals surface area contributed by atoms with E-state index in [1.165, 1.54) is 29.1 Å². The van der Waals surface area contributed by atoms with Gasteiger partial charge in [0.25, 0.3) is 0 Å². The van der Waals surface area contributed by atoms with Crippen LogP contribution in [0.2, 0.25) is 0 Å². The van der Waals surface area contributed by atoms with E-state index in [1.807, 2.05) is 28.5 Å². The van der Waals surface area contributed by atoms with Crippen molar-refractivity contribution in [3.05, 3.63) is 83.8 Å². The van der Waals surface area contributed by atoms with E-state index in [-0.39, 0.29) is 42.2 Å². The van der Waals surface area contributed by atoms with Gasteiger partial charge in [0.2, 0.25) is 5.91 Å². The largest absolute Gasteiger partial charge is 0.388 e. The van der Waals surface area contributed by atoms with Crippen molar-refractivity contribution in [1.29, 1.82) is 0 Å². The lowest BCUT2D eigenvalue weighted by Crippen LogP contribution is -2.47. The third-order valence-electron chi connectivity index (χ3n) is 9.54. The standard InChI is InChI=1S/C35H33F3N10O3/c1-18-40-27-11-20(37)9-23-26-5-4-6-30(42-26)41-21-12-29(35(50)45(2)15-22(51-3)16-46(18)32(23)27)47(14-21)33-24-13-39-48(34(24)44-31(17-49)43-33)28-8-7-19(36)10-25(28)38/h4-11,13,21-22,29,49H,12,14-17H2,1-3H3,(H,41,42)/t21-,22-,29-/m0/s1. The fraction of sp³-hybridized carbons (Fsp3) is 0.314. The number of likely N-dealkylation sites (N-methyl/N-ethyl adjacent to an activating group) is 1. The Bertz CT molecular complexity index is 2330. The molecule has 6 aromatic rings. The molecule has 0 aliphatic carbocycles. The molecule has 4 aromatic heterocycles. The summed E-state index contributed by atoms with van der Waals surface area (Å²) in [7, 11) is 3.29. The Hall–Kier alpha value is -5.61. The highest BCUT2D eigenvalue weighted by Crippen LogP contribution is 2.35. The highest BCUT2D eigenvalue weighted by molar-refractivity contribution is 5.94. The maximum atomic E-state index is 15.0. The number of fused-ring (bicyclic) bond motifs is 6. The molecule has 4 bridgehead atoms. The molecular weight excluding hydrogens is 665 g/mol. The SMILES string of the molecule is CO[C@H]1CN(C)C(=O)[C@@H]2C[C@@H](CN2c2nc(CO)nc3c2cnn3-c2ccc(F)cc2F)Nc2cccc(n2)-c2cc(F)cc3nc(C)n(c23)C1. The number of methoxy groups -OCH3 is 1. The first kappa shape index (κ1) is 32.6. The van der Waals surface area contributed by atoms with E-state index in [2.05, 4.69) is 25.4 Å². The van der Waals surface area contributed by atoms with Crippen molar-refractivity contribution >= 4 is 39.6 Å². The summed E-state index contributed by atoms with van der Waals surface area (Å²) in [6, 6.07) is 10.4. The summed E-state index contributed by atoms with van der Waals surface area (Å²) in [5.74, 6) is -0.709. The number of pyridine rings is 1. The predicted molar refractivity (Wildman–Crippen MR) is 182 cm³/mol. The van der Waals surface area contributed by atoms with Crippen LogP contribution in [0.5, 0.6) is 0 Å². The van der Waals surface area contributed by atoms with Gasteiger partial charge in [0.15, 0.2) is 17.3 Å². The van der Waals surface area contributed by atoms with Gasteiger partial charge in [0.05, 0.1) is 41.0 Å². The van der Waals surface area contributed by atoms with Crippen molar-refractivity contribution < 1.29 is 27.8 Å². The fourth-order valence-corrected chi connectivity index (χ4v) is 7.17. The second kappa shape index (κ2) is 12.6. The van der Waals surface area contributed by atoms with E-state index in [1.54, 1.807) is 25.1 Å². The Kier molecular flexibility index (Phi) is 8.06. The van der Waals surface area contributed by atoms with Crippen molar-refractivity contribution in [3.8, 4) is 16.9 Å². The first-order valence-electron chi connectivity index (χ1n) is 16.4. The van der Waals surface area contributed by atoms with Crippen molar-refractivity contribution in [2.45, 2.75) is 44.7 Å². The number of carbonyl (C=O) groups excluding carboxylic acids is 1. The number of imidazole rings is 1. The highest BCUT2D eigenvalue weighted by Gasteiger charge is 2.41. The van der Waals surface area contributed by atoms with Gasteiger partial charge in [-0.1, -0.05) is 6.07 Å². The molecule has 0 unspecified atom stereocenters. The summed E-state index contributed by atoms with van der Waals surface area (Å²) in [4.78, 5) is 36.5. The van der Waals surface area contributed by atoms with Crippen LogP contribution < -0.4 is 10.2 Å². The van der Waals surface area contributed by atoms with Gasteiger partial charge in [-0.3, -0.25) is 4.79 Å². The van der Waals surface area contributed by atoms with Crippen LogP contribution in [0.1, 0.15) is 18.1 Å². The van der Waals surface area contributed by atoms with Crippen LogP contribution in [-0.2, 0) is 22.7 Å². The summed E-state index contributed by atoms with van der Waals surface area (Å²) >= 11 is 0. The summed E-state index contributed by atoms with van der Waals surface area (Å²) in [5.41, 5.74) is 2.45. The molecule has 0 radical (unpaired) electrons. The molecule has 16 heteroatoms. The maximum Gasteiger partial charge on any atom is 0.245 e. The molecular formula is C35H33F3N10O3. The summed E-state index contributed by atoms with van der Waals surface area (Å²) in [6.07, 6.45) is 1.35. The molecule has 0 saturated carbocycles. The smallest absolute Gasteiger partial charge is 0.245 e. The van der Waals surface area contributed by atoms with E-state index < -0.39 is 36.2 Å². The Labute approximate surface area is 289 Å². The van der Waals surface area contributed by atoms with Gasteiger partial charge in [-0.15, -0.1) is 0 Å². The summed E-state index contributed by atoms with van der Waals surface area (Å²) < 4.78 is 52.7. The number of halogens is 3. The molecule has 2 aliphatic rings. The lowest BCUT2D eigenvalue weighted by molar-refractivity contribution is -0.132. The lowest BCUT2D eigenvalue weighted by atomic mass is 10.1. The van der Waals surface area contributed by atoms with Gasteiger partial charge >= 0.3 is 0 Å². The number of aliphatic hydroxyl groups excluding tert-OH is 1. The zero-order valence-corrected chi connectivity index (χ0v) is 27.9. The van der Waals surface area contributed by atoms with Crippen LogP contribution in [0.25, 0.3) is 39.0 Å². The van der Waals surface area contributed by atoms with Crippen molar-refractivity contribution in [3.63, 3.8) is 0 Å². The van der Waals surface area contributed by atoms with E-state index in [9.17, 15) is 23.1 Å². The molecule has 13 nitrogen and oxygen atoms in total. The molecule has 1 fully saturated rings. The second-order valence-corrected chi connectivity index (χ2v) is 12.8. The maximum absolute atomic E-state index is 15.0. The number of hydrogen-bond acceptors (Lipinski definition) is 10. The topological polar surface area (TPSA) is 139 Å². The monoisotopic (exact) mass is 698 g/mol. The fourth-order valence-electron chi connectivity index (χ4n) is 7.17. The molecule has 6 heterocycles. The Morgan fingerprint density at radius 3 is 2.63 bits per heavy atom. The average Bonchev–Trinajstić information content (AvgIpc) is 3.81. The lowest BCUT2D eigenvalue weighted by Gasteiger charge is -2.31. The number of amides is 1. The number of aliphatic hydroxyl groups is 1. The number of ether oxygens (including phenoxy) is 1. The van der Waals surface area contributed by atoms with Gasteiger partial charge in [-0.25, -0.2) is 37.8 Å². The number of carbonyl (C=O) groups is 1. The van der Waals surface area contributed by atoms with E-state index in [0.717, 1.165) is 12.1 Å². The van der Waals surface area contributed by atoms with Gasteiger partial charge < -0.3 is 29.5 Å². The van der Waals surface area contributed by atoms with Gasteiger partial charge in [0.1, 0.15) is 47.4 Å². The van der Waals surface area contributed by atoms with Crippen molar-refractivity contribution in [1.82, 2.24) is 39.2 Å². The number of aromatic nitrogens is 7. The zero-order chi connectivity index (χ0) is 35.6. The molecule has 2 N–H and O–H groups in total. The highest BCUT2D eigenvalue weighted by atomic mass is 19.1. The molecule has 262 valence electrons. The third-order valence-corrected chi connectivity index (χ3v) is 9.54. The molecule has 1 saturated heterocycles. The molecule has 2 aliphatic heterocycles. The molecule has 8 rings (SSSR count). The van der Waals surface area contributed by atoms with Crippen LogP contribution in [0, 0.1) is 24.4 Å². The Morgan fingerprint density at radius 2 is 1.84 bits per heavy atom. The van der Waals surface area contributed by atoms with E-state index in [4.69, 9.17) is 9.72 Å². The molecule has 51 heavy (non-hydrogen) atoms. The number of hydrogen-bond donors (Lipinski definition) is 2. The molecule has 0 spiro atoms. The zero-order valence-electron chi connectivity index (χ0n) is 27.9. The van der Waals surface area contributed by atoms with Crippen LogP contribution in [0.15, 0.2) is 54.7 Å². The van der Waals surface area contributed by atoms with Gasteiger partial charge in [-0.05, 0) is 43.7 Å². The number of rotatable bonds is 4. The normalized spacial score (nSPS) is 19.4. The van der Waals surface area contributed by atoms with Crippen molar-refractivity contribution in [2.75, 3.05) is 37.5 Å². The van der Waals surface area contributed by atoms with Gasteiger partial charge in [-0.2, -0.15) is 5.10 Å². The molecule has 2 aromatic carbocycles. The predicted octanol–water partition coefficient (Wildman–Crippen LogP) is 3.99. The van der Waals surface area contributed by atoms with Crippen LogP contribution in [-0.4, -0.2) is 95.6 Å². The molecule has 3 atom stereocenters. The van der Waals surface area contributed by atoms with Gasteiger partial charge in [0, 0.05) is 51.0 Å². The number of nitrogens with one attached hydrogen (secondary N) is 1. The summed E-state index contributed by atoms with van der Waals surface area (Å²) in [6.45, 7) is 2.14. The minimum absolute atomic E-state index is 0.0293. The Morgan fingerprint density at radius 1 is 1.00 bits per heavy atom. The number of nitrogens with zero attached hydrogens (tertiary/aromatic N) is 9. The average molecular weight is 699 g/mol. The number of anilines is 2. The van der Waals surface area contributed by atoms with Crippen LogP contribution in [0.3, 0.4) is 0 Å². The second-order valence-electron chi connectivity index (χ2n) is 12.8.